The van der Waals surface area contributed by atoms with E-state index in [1.165, 1.54) is 25.7 Å². The molecule has 5 heteroatoms. The number of aliphatic carboxylic acids is 1. The highest BCUT2D eigenvalue weighted by Gasteiger charge is 2.11. The van der Waals surface area contributed by atoms with Crippen molar-refractivity contribution in [2.45, 2.75) is 70.8 Å². The minimum Gasteiger partial charge on any atom is -0.481 e. The number of carboxylic acids is 1. The van der Waals surface area contributed by atoms with E-state index in [1.54, 1.807) is 0 Å². The second-order valence-electron chi connectivity index (χ2n) is 5.73. The van der Waals surface area contributed by atoms with Crippen LogP contribution in [0.25, 0.3) is 0 Å². The predicted molar refractivity (Wildman–Crippen MR) is 84.4 cm³/mol. The minimum atomic E-state index is -0.799. The Bertz CT molecular complexity index is 248. The molecule has 21 heavy (non-hydrogen) atoms. The smallest absolute Gasteiger partial charge is 0.303 e. The highest BCUT2D eigenvalue weighted by atomic mass is 16.4. The monoisotopic (exact) mass is 303 g/mol. The lowest BCUT2D eigenvalue weighted by molar-refractivity contribution is -0.137. The van der Waals surface area contributed by atoms with E-state index in [-0.39, 0.29) is 19.1 Å². The molecule has 0 rings (SSSR count). The Morgan fingerprint density at radius 1 is 1.05 bits per heavy atom. The second-order valence-corrected chi connectivity index (χ2v) is 5.73. The first-order valence-corrected chi connectivity index (χ1v) is 8.33. The van der Waals surface area contributed by atoms with E-state index in [9.17, 15) is 9.90 Å². The van der Waals surface area contributed by atoms with Crippen LogP contribution < -0.4 is 0 Å². The summed E-state index contributed by atoms with van der Waals surface area (Å²) in [6.45, 7) is 3.86. The number of hydrogen-bond acceptors (Lipinski definition) is 4. The van der Waals surface area contributed by atoms with Crippen molar-refractivity contribution < 1.29 is 20.1 Å². The van der Waals surface area contributed by atoms with Gasteiger partial charge in [0.25, 0.3) is 0 Å². The number of rotatable bonds is 15. The van der Waals surface area contributed by atoms with Crippen LogP contribution in [0.3, 0.4) is 0 Å². The molecule has 0 saturated heterocycles. The Labute approximate surface area is 129 Å². The van der Waals surface area contributed by atoms with E-state index >= 15 is 0 Å². The van der Waals surface area contributed by atoms with Gasteiger partial charge in [0, 0.05) is 19.5 Å². The maximum Gasteiger partial charge on any atom is 0.303 e. The van der Waals surface area contributed by atoms with Gasteiger partial charge in [0.1, 0.15) is 0 Å². The van der Waals surface area contributed by atoms with E-state index in [0.717, 1.165) is 19.3 Å². The van der Waals surface area contributed by atoms with Crippen LogP contribution in [0, 0.1) is 0 Å². The topological polar surface area (TPSA) is 81.0 Å². The fourth-order valence-electron chi connectivity index (χ4n) is 2.44. The summed E-state index contributed by atoms with van der Waals surface area (Å²) < 4.78 is 0. The zero-order valence-electron chi connectivity index (χ0n) is 13.5. The fraction of sp³-hybridized carbons (Fsp3) is 0.938. The van der Waals surface area contributed by atoms with Crippen LogP contribution in [-0.2, 0) is 4.79 Å². The third-order valence-corrected chi connectivity index (χ3v) is 3.64. The lowest BCUT2D eigenvalue weighted by Crippen LogP contribution is -2.35. The van der Waals surface area contributed by atoms with Gasteiger partial charge < -0.3 is 15.3 Å². The van der Waals surface area contributed by atoms with Crippen molar-refractivity contribution in [3.05, 3.63) is 0 Å². The molecular weight excluding hydrogens is 270 g/mol. The molecule has 0 heterocycles. The summed E-state index contributed by atoms with van der Waals surface area (Å²) in [7, 11) is 0. The van der Waals surface area contributed by atoms with Crippen LogP contribution in [0.5, 0.6) is 0 Å². The van der Waals surface area contributed by atoms with Crippen molar-refractivity contribution in [3.63, 3.8) is 0 Å². The molecule has 0 aliphatic carbocycles. The average molecular weight is 303 g/mol. The third kappa shape index (κ3) is 14.1. The zero-order chi connectivity index (χ0) is 15.9. The Kier molecular flexibility index (Phi) is 13.9. The number of unbranched alkanes of at least 4 members (excludes halogenated alkanes) is 5. The molecule has 126 valence electrons. The summed E-state index contributed by atoms with van der Waals surface area (Å²) in [6.07, 6.45) is 8.33. The SMILES string of the molecule is CCCCCCCCC(O)CN(CCO)CCCC(=O)O. The summed E-state index contributed by atoms with van der Waals surface area (Å²) in [6, 6.07) is 0. The Hall–Kier alpha value is -0.650. The number of aliphatic hydroxyl groups excluding tert-OH is 2. The zero-order valence-corrected chi connectivity index (χ0v) is 13.5. The number of nitrogens with zero attached hydrogens (tertiary/aromatic N) is 1. The number of carboxylic acid groups (broad SMARTS) is 1. The van der Waals surface area contributed by atoms with Gasteiger partial charge >= 0.3 is 5.97 Å². The molecular formula is C16H33NO4. The summed E-state index contributed by atoms with van der Waals surface area (Å²) in [5.41, 5.74) is 0. The maximum absolute atomic E-state index is 10.5. The molecule has 5 nitrogen and oxygen atoms in total. The quantitative estimate of drug-likeness (QED) is 0.404. The molecule has 0 amide bonds. The van der Waals surface area contributed by atoms with Gasteiger partial charge in [-0.1, -0.05) is 45.4 Å². The van der Waals surface area contributed by atoms with E-state index in [0.29, 0.717) is 26.1 Å². The van der Waals surface area contributed by atoms with Crippen molar-refractivity contribution in [2.24, 2.45) is 0 Å². The van der Waals surface area contributed by atoms with Crippen molar-refractivity contribution in [1.29, 1.82) is 0 Å². The molecule has 1 atom stereocenters. The summed E-state index contributed by atoms with van der Waals surface area (Å²) in [5, 5.41) is 27.7. The van der Waals surface area contributed by atoms with E-state index < -0.39 is 5.97 Å². The lowest BCUT2D eigenvalue weighted by atomic mass is 10.1. The fourth-order valence-corrected chi connectivity index (χ4v) is 2.44. The lowest BCUT2D eigenvalue weighted by Gasteiger charge is -2.24. The van der Waals surface area contributed by atoms with Gasteiger partial charge in [0.05, 0.1) is 12.7 Å². The minimum absolute atomic E-state index is 0.0385. The highest BCUT2D eigenvalue weighted by Crippen LogP contribution is 2.09. The molecule has 0 fully saturated rings. The van der Waals surface area contributed by atoms with Gasteiger partial charge in [-0.25, -0.2) is 0 Å². The van der Waals surface area contributed by atoms with Gasteiger partial charge in [-0.05, 0) is 19.4 Å². The first kappa shape index (κ1) is 20.3. The van der Waals surface area contributed by atoms with Crippen LogP contribution in [0.2, 0.25) is 0 Å². The summed E-state index contributed by atoms with van der Waals surface area (Å²) in [4.78, 5) is 12.4. The first-order valence-electron chi connectivity index (χ1n) is 8.33. The Balaban J connectivity index is 3.72. The molecule has 0 spiro atoms. The summed E-state index contributed by atoms with van der Waals surface area (Å²) in [5.74, 6) is -0.799. The van der Waals surface area contributed by atoms with Crippen LogP contribution >= 0.6 is 0 Å². The number of aliphatic hydroxyl groups is 2. The largest absolute Gasteiger partial charge is 0.481 e. The van der Waals surface area contributed by atoms with Crippen molar-refractivity contribution in [2.75, 3.05) is 26.2 Å². The number of carbonyl (C=O) groups is 1. The van der Waals surface area contributed by atoms with E-state index in [2.05, 4.69) is 6.92 Å². The summed E-state index contributed by atoms with van der Waals surface area (Å²) >= 11 is 0. The standard InChI is InChI=1S/C16H33NO4/c1-2-3-4-5-6-7-9-15(19)14-17(12-13-18)11-8-10-16(20)21/h15,18-19H,2-14H2,1H3,(H,20,21). The van der Waals surface area contributed by atoms with Crippen LogP contribution in [-0.4, -0.2) is 58.5 Å². The van der Waals surface area contributed by atoms with Crippen LogP contribution in [0.4, 0.5) is 0 Å². The normalized spacial score (nSPS) is 12.8. The van der Waals surface area contributed by atoms with Crippen LogP contribution in [0.1, 0.15) is 64.7 Å². The van der Waals surface area contributed by atoms with Gasteiger partial charge in [-0.2, -0.15) is 0 Å². The van der Waals surface area contributed by atoms with Crippen LogP contribution in [0.15, 0.2) is 0 Å². The van der Waals surface area contributed by atoms with Crippen molar-refractivity contribution in [1.82, 2.24) is 4.90 Å². The van der Waals surface area contributed by atoms with Gasteiger partial charge in [-0.3, -0.25) is 9.69 Å². The Morgan fingerprint density at radius 3 is 2.33 bits per heavy atom. The molecule has 0 bridgehead atoms. The third-order valence-electron chi connectivity index (χ3n) is 3.64. The van der Waals surface area contributed by atoms with Gasteiger partial charge in [0.2, 0.25) is 0 Å². The molecule has 0 aliphatic heterocycles. The highest BCUT2D eigenvalue weighted by molar-refractivity contribution is 5.66. The first-order chi connectivity index (χ1) is 10.1. The molecule has 1 unspecified atom stereocenters. The molecule has 3 N–H and O–H groups in total. The van der Waals surface area contributed by atoms with E-state index in [1.807, 2.05) is 4.90 Å². The average Bonchev–Trinajstić information content (AvgIpc) is 2.42. The van der Waals surface area contributed by atoms with Crippen molar-refractivity contribution in [3.8, 4) is 0 Å². The Morgan fingerprint density at radius 2 is 1.71 bits per heavy atom. The number of hydrogen-bond donors (Lipinski definition) is 3. The molecule has 0 aromatic carbocycles. The van der Waals surface area contributed by atoms with Gasteiger partial charge in [-0.15, -0.1) is 0 Å². The molecule has 0 aliphatic rings. The van der Waals surface area contributed by atoms with Crippen molar-refractivity contribution >= 4 is 5.97 Å². The molecule has 0 radical (unpaired) electrons. The van der Waals surface area contributed by atoms with Gasteiger partial charge in [0.15, 0.2) is 0 Å². The van der Waals surface area contributed by atoms with E-state index in [4.69, 9.17) is 10.2 Å². The molecule has 0 saturated carbocycles. The molecule has 0 aromatic heterocycles. The predicted octanol–water partition coefficient (Wildman–Crippen LogP) is 2.26. The maximum atomic E-state index is 10.5. The molecule has 0 aromatic rings. The second kappa shape index (κ2) is 14.3.